The minimum atomic E-state index is -0.0804. The molecule has 1 amide bonds. The number of rotatable bonds is 2. The smallest absolute Gasteiger partial charge is 0.243 e. The average molecular weight is 223 g/mol. The number of nitrogens with zero attached hydrogens (tertiary/aromatic N) is 1. The van der Waals surface area contributed by atoms with Crippen molar-refractivity contribution in [1.82, 2.24) is 10.5 Å². The Hall–Kier alpha value is -1.36. The van der Waals surface area contributed by atoms with Gasteiger partial charge in [-0.1, -0.05) is 25.9 Å². The lowest BCUT2D eigenvalue weighted by Crippen LogP contribution is -2.50. The molecule has 1 aliphatic heterocycles. The largest absolute Gasteiger partial charge is 0.338 e. The van der Waals surface area contributed by atoms with Crippen LogP contribution < -0.4 is 10.6 Å². The quantitative estimate of drug-likeness (QED) is 0.792. The minimum absolute atomic E-state index is 0.0529. The zero-order valence-electron chi connectivity index (χ0n) is 9.83. The van der Waals surface area contributed by atoms with Crippen molar-refractivity contribution in [2.45, 2.75) is 38.6 Å². The summed E-state index contributed by atoms with van der Waals surface area (Å²) in [5.41, 5.74) is 0.769. The van der Waals surface area contributed by atoms with Crippen LogP contribution in [0.5, 0.6) is 0 Å². The molecule has 1 atom stereocenters. The molecule has 5 heteroatoms. The van der Waals surface area contributed by atoms with Gasteiger partial charge >= 0.3 is 0 Å². The summed E-state index contributed by atoms with van der Waals surface area (Å²) in [6.07, 6.45) is 0.881. The van der Waals surface area contributed by atoms with E-state index in [1.807, 2.05) is 20.8 Å². The summed E-state index contributed by atoms with van der Waals surface area (Å²) in [4.78, 5) is 11.6. The summed E-state index contributed by atoms with van der Waals surface area (Å²) in [6.45, 7) is 7.04. The van der Waals surface area contributed by atoms with Gasteiger partial charge in [0.05, 0.1) is 11.7 Å². The van der Waals surface area contributed by atoms with E-state index in [4.69, 9.17) is 4.52 Å². The predicted molar refractivity (Wildman–Crippen MR) is 60.2 cm³/mol. The van der Waals surface area contributed by atoms with Crippen LogP contribution in [0.1, 0.15) is 32.9 Å². The Labute approximate surface area is 94.6 Å². The van der Waals surface area contributed by atoms with E-state index < -0.39 is 0 Å². The van der Waals surface area contributed by atoms with Crippen LogP contribution in [-0.4, -0.2) is 23.7 Å². The summed E-state index contributed by atoms with van der Waals surface area (Å²) in [5, 5.41) is 9.67. The highest BCUT2D eigenvalue weighted by Gasteiger charge is 2.26. The first-order valence-corrected chi connectivity index (χ1v) is 5.48. The lowest BCUT2D eigenvalue weighted by molar-refractivity contribution is -0.119. The Bertz CT molecular complexity index is 388. The van der Waals surface area contributed by atoms with Crippen LogP contribution in [0.4, 0.5) is 5.88 Å². The second-order valence-corrected chi connectivity index (χ2v) is 5.11. The molecular formula is C11H17N3O2. The fourth-order valence-corrected chi connectivity index (χ4v) is 1.41. The maximum atomic E-state index is 11.6. The Kier molecular flexibility index (Phi) is 2.71. The number of nitrogens with one attached hydrogen (secondary N) is 2. The van der Waals surface area contributed by atoms with Crippen LogP contribution in [-0.2, 0) is 10.2 Å². The molecule has 2 heterocycles. The van der Waals surface area contributed by atoms with Crippen LogP contribution in [0.3, 0.4) is 0 Å². The molecule has 1 unspecified atom stereocenters. The van der Waals surface area contributed by atoms with E-state index in [2.05, 4.69) is 15.8 Å². The fraction of sp³-hybridized carbons (Fsp3) is 0.636. The summed E-state index contributed by atoms with van der Waals surface area (Å²) in [5.74, 6) is 0.367. The monoisotopic (exact) mass is 223 g/mol. The highest BCUT2D eigenvalue weighted by atomic mass is 16.5. The zero-order valence-corrected chi connectivity index (χ0v) is 9.83. The number of carbonyl (C=O) groups excluding carboxylic acids is 1. The minimum Gasteiger partial charge on any atom is -0.338 e. The van der Waals surface area contributed by atoms with E-state index in [0.717, 1.165) is 18.7 Å². The van der Waals surface area contributed by atoms with Gasteiger partial charge in [-0.15, -0.1) is 0 Å². The maximum Gasteiger partial charge on any atom is 0.243 e. The molecule has 0 saturated carbocycles. The molecule has 0 spiro atoms. The van der Waals surface area contributed by atoms with Gasteiger partial charge in [-0.3, -0.25) is 10.1 Å². The Balaban J connectivity index is 1.99. The molecule has 0 bridgehead atoms. The fourth-order valence-electron chi connectivity index (χ4n) is 1.41. The van der Waals surface area contributed by atoms with Crippen molar-refractivity contribution in [3.63, 3.8) is 0 Å². The van der Waals surface area contributed by atoms with Crippen molar-refractivity contribution >= 4 is 11.8 Å². The molecule has 1 aromatic heterocycles. The van der Waals surface area contributed by atoms with Crippen LogP contribution in [0.25, 0.3) is 0 Å². The summed E-state index contributed by atoms with van der Waals surface area (Å²) in [7, 11) is 0. The number of hydrogen-bond donors (Lipinski definition) is 2. The van der Waals surface area contributed by atoms with Gasteiger partial charge in [0.2, 0.25) is 11.8 Å². The van der Waals surface area contributed by atoms with Crippen LogP contribution in [0, 0.1) is 0 Å². The predicted octanol–water partition coefficient (Wildman–Crippen LogP) is 1.27. The number of hydrogen-bond acceptors (Lipinski definition) is 4. The van der Waals surface area contributed by atoms with Gasteiger partial charge in [-0.2, -0.15) is 0 Å². The van der Waals surface area contributed by atoms with Crippen molar-refractivity contribution in [1.29, 1.82) is 0 Å². The molecule has 1 aromatic rings. The zero-order chi connectivity index (χ0) is 11.8. The van der Waals surface area contributed by atoms with E-state index in [1.165, 1.54) is 0 Å². The second-order valence-electron chi connectivity index (χ2n) is 5.11. The van der Waals surface area contributed by atoms with Crippen molar-refractivity contribution in [3.8, 4) is 0 Å². The SMILES string of the molecule is CC(C)(C)c1cc(NC(=O)C2CCN2)on1. The van der Waals surface area contributed by atoms with Gasteiger partial charge in [0.1, 0.15) is 0 Å². The first-order valence-electron chi connectivity index (χ1n) is 5.48. The normalized spacial score (nSPS) is 20.3. The van der Waals surface area contributed by atoms with Crippen molar-refractivity contribution in [2.75, 3.05) is 11.9 Å². The van der Waals surface area contributed by atoms with E-state index in [9.17, 15) is 4.79 Å². The second kappa shape index (κ2) is 3.90. The molecule has 2 N–H and O–H groups in total. The topological polar surface area (TPSA) is 67.2 Å². The maximum absolute atomic E-state index is 11.6. The number of carbonyl (C=O) groups is 1. The van der Waals surface area contributed by atoms with Gasteiger partial charge in [0, 0.05) is 11.5 Å². The number of amides is 1. The summed E-state index contributed by atoms with van der Waals surface area (Å²) >= 11 is 0. The first-order chi connectivity index (χ1) is 7.47. The third kappa shape index (κ3) is 2.24. The highest BCUT2D eigenvalue weighted by molar-refractivity contribution is 5.94. The lowest BCUT2D eigenvalue weighted by Gasteiger charge is -2.25. The molecule has 0 aromatic carbocycles. The average Bonchev–Trinajstić information content (AvgIpc) is 2.47. The van der Waals surface area contributed by atoms with E-state index in [-0.39, 0.29) is 17.4 Å². The van der Waals surface area contributed by atoms with Crippen LogP contribution in [0.2, 0.25) is 0 Å². The molecule has 88 valence electrons. The Morgan fingerprint density at radius 1 is 1.62 bits per heavy atom. The van der Waals surface area contributed by atoms with Gasteiger partial charge < -0.3 is 9.84 Å². The standard InChI is InChI=1S/C11H17N3O2/c1-11(2,3)8-6-9(16-14-8)13-10(15)7-4-5-12-7/h6-7,12H,4-5H2,1-3H3,(H,13,15). The Morgan fingerprint density at radius 2 is 2.31 bits per heavy atom. The van der Waals surface area contributed by atoms with E-state index >= 15 is 0 Å². The van der Waals surface area contributed by atoms with E-state index in [0.29, 0.717) is 5.88 Å². The van der Waals surface area contributed by atoms with Gasteiger partial charge in [-0.25, -0.2) is 0 Å². The molecule has 2 rings (SSSR count). The van der Waals surface area contributed by atoms with Gasteiger partial charge in [-0.05, 0) is 13.0 Å². The molecule has 1 saturated heterocycles. The lowest BCUT2D eigenvalue weighted by atomic mass is 9.92. The molecule has 0 aliphatic carbocycles. The number of anilines is 1. The third-order valence-corrected chi connectivity index (χ3v) is 2.67. The Morgan fingerprint density at radius 3 is 2.75 bits per heavy atom. The molecular weight excluding hydrogens is 206 g/mol. The molecule has 16 heavy (non-hydrogen) atoms. The molecule has 1 fully saturated rings. The van der Waals surface area contributed by atoms with E-state index in [1.54, 1.807) is 6.07 Å². The van der Waals surface area contributed by atoms with Crippen molar-refractivity contribution < 1.29 is 9.32 Å². The third-order valence-electron chi connectivity index (χ3n) is 2.67. The molecule has 0 radical (unpaired) electrons. The van der Waals surface area contributed by atoms with Gasteiger partial charge in [0.25, 0.3) is 0 Å². The first kappa shape index (κ1) is 11.1. The van der Waals surface area contributed by atoms with Crippen molar-refractivity contribution in [2.24, 2.45) is 0 Å². The van der Waals surface area contributed by atoms with Crippen LogP contribution in [0.15, 0.2) is 10.6 Å². The molecule has 1 aliphatic rings. The summed E-state index contributed by atoms with van der Waals surface area (Å²) in [6, 6.07) is 1.69. The van der Waals surface area contributed by atoms with Crippen LogP contribution >= 0.6 is 0 Å². The summed E-state index contributed by atoms with van der Waals surface area (Å²) < 4.78 is 5.07. The van der Waals surface area contributed by atoms with Crippen molar-refractivity contribution in [3.05, 3.63) is 11.8 Å². The molecule has 5 nitrogen and oxygen atoms in total. The number of aromatic nitrogens is 1. The highest BCUT2D eigenvalue weighted by Crippen LogP contribution is 2.23. The van der Waals surface area contributed by atoms with Gasteiger partial charge in [0.15, 0.2) is 0 Å².